The molecule has 3 rings (SSSR count). The number of amides is 1. The van der Waals surface area contributed by atoms with Crippen molar-refractivity contribution in [2.75, 3.05) is 12.8 Å². The van der Waals surface area contributed by atoms with Gasteiger partial charge in [0.2, 0.25) is 5.91 Å². The fourth-order valence-corrected chi connectivity index (χ4v) is 3.91. The highest BCUT2D eigenvalue weighted by Gasteiger charge is 2.16. The molecule has 0 saturated heterocycles. The Morgan fingerprint density at radius 1 is 1.38 bits per heavy atom. The number of thiophene rings is 1. The Morgan fingerprint density at radius 2 is 2.15 bits per heavy atom. The number of pyridine rings is 1. The second kappa shape index (κ2) is 8.49. The summed E-state index contributed by atoms with van der Waals surface area (Å²) in [6.07, 6.45) is 4.71. The Hall–Kier alpha value is -2.15. The van der Waals surface area contributed by atoms with E-state index in [4.69, 9.17) is 17.3 Å². The average molecular weight is 412 g/mol. The number of benzene rings is 1. The summed E-state index contributed by atoms with van der Waals surface area (Å²) in [4.78, 5) is 18.5. The Bertz CT molecular complexity index is 957. The highest BCUT2D eigenvalue weighted by Crippen LogP contribution is 2.37. The second-order valence-corrected chi connectivity index (χ2v) is 7.01. The minimum Gasteiger partial charge on any atom is -0.384 e. The number of hydrogen-bond acceptors (Lipinski definition) is 4. The molecule has 2 N–H and O–H groups in total. The summed E-state index contributed by atoms with van der Waals surface area (Å²) < 4.78 is 14.7. The lowest BCUT2D eigenvalue weighted by Gasteiger charge is -2.14. The van der Waals surface area contributed by atoms with Crippen molar-refractivity contribution in [1.82, 2.24) is 9.88 Å². The van der Waals surface area contributed by atoms with E-state index >= 15 is 0 Å². The molecule has 0 aliphatic heterocycles. The van der Waals surface area contributed by atoms with Crippen molar-refractivity contribution in [3.05, 3.63) is 63.9 Å². The lowest BCUT2D eigenvalue weighted by molar-refractivity contribution is -0.125. The first-order valence-corrected chi connectivity index (χ1v) is 8.65. The molecule has 0 atom stereocenters. The zero-order valence-electron chi connectivity index (χ0n) is 13.8. The van der Waals surface area contributed by atoms with Gasteiger partial charge in [0.15, 0.2) is 0 Å². The number of rotatable bonds is 4. The topological polar surface area (TPSA) is 59.2 Å². The first kappa shape index (κ1) is 20.2. The Kier molecular flexibility index (Phi) is 6.58. The first-order valence-electron chi connectivity index (χ1n) is 7.46. The third-order valence-electron chi connectivity index (χ3n) is 3.66. The van der Waals surface area contributed by atoms with Crippen LogP contribution in [0.5, 0.6) is 0 Å². The van der Waals surface area contributed by atoms with Gasteiger partial charge in [-0.3, -0.25) is 4.79 Å². The highest BCUT2D eigenvalue weighted by atomic mass is 35.5. The van der Waals surface area contributed by atoms with Crippen LogP contribution < -0.4 is 5.73 Å². The van der Waals surface area contributed by atoms with Gasteiger partial charge in [0.1, 0.15) is 11.6 Å². The first-order chi connectivity index (χ1) is 12.0. The van der Waals surface area contributed by atoms with Gasteiger partial charge in [0.25, 0.3) is 0 Å². The standard InChI is InChI=1S/C18H15ClFN3OS.ClH/c1-23(16(24)8-6-11-5-7-15(21)22-9-11)10-14-18(19)17-12(20)3-2-4-13(17)25-14;/h2-9H,10H2,1H3,(H2,21,22);1H/b8-6+;. The van der Waals surface area contributed by atoms with E-state index in [9.17, 15) is 9.18 Å². The van der Waals surface area contributed by atoms with E-state index in [1.165, 1.54) is 28.4 Å². The van der Waals surface area contributed by atoms with Crippen LogP contribution in [0.1, 0.15) is 10.4 Å². The van der Waals surface area contributed by atoms with Crippen molar-refractivity contribution in [2.45, 2.75) is 6.54 Å². The van der Waals surface area contributed by atoms with E-state index in [1.807, 2.05) is 6.07 Å². The van der Waals surface area contributed by atoms with Crippen LogP contribution >= 0.6 is 35.3 Å². The summed E-state index contributed by atoms with van der Waals surface area (Å²) in [5, 5.41) is 0.776. The quantitative estimate of drug-likeness (QED) is 0.629. The predicted octanol–water partition coefficient (Wildman–Crippen LogP) is 4.76. The number of aromatic nitrogens is 1. The number of hydrogen-bond donors (Lipinski definition) is 1. The lowest BCUT2D eigenvalue weighted by Crippen LogP contribution is -2.23. The number of nitrogens with zero attached hydrogens (tertiary/aromatic N) is 2. The van der Waals surface area contributed by atoms with Gasteiger partial charge < -0.3 is 10.6 Å². The number of fused-ring (bicyclic) bond motifs is 1. The number of carbonyl (C=O) groups excluding carboxylic acids is 1. The van der Waals surface area contributed by atoms with E-state index < -0.39 is 0 Å². The maximum absolute atomic E-state index is 13.9. The molecule has 0 saturated carbocycles. The molecule has 0 aliphatic carbocycles. The molecule has 4 nitrogen and oxygen atoms in total. The fourth-order valence-electron chi connectivity index (χ4n) is 2.32. The van der Waals surface area contributed by atoms with Gasteiger partial charge in [-0.1, -0.05) is 17.7 Å². The van der Waals surface area contributed by atoms with E-state index in [1.54, 1.807) is 37.5 Å². The van der Waals surface area contributed by atoms with Crippen LogP contribution in [-0.4, -0.2) is 22.8 Å². The summed E-state index contributed by atoms with van der Waals surface area (Å²) in [6.45, 7) is 0.306. The smallest absolute Gasteiger partial charge is 0.246 e. The minimum atomic E-state index is -0.352. The van der Waals surface area contributed by atoms with E-state index in [0.29, 0.717) is 22.8 Å². The SMILES string of the molecule is CN(Cc1sc2cccc(F)c2c1Cl)C(=O)/C=C/c1ccc(N)nc1.Cl. The molecule has 8 heteroatoms. The Balaban J connectivity index is 0.00000243. The number of anilines is 1. The Morgan fingerprint density at radius 3 is 2.81 bits per heavy atom. The number of nitrogens with two attached hydrogens (primary N) is 1. The highest BCUT2D eigenvalue weighted by molar-refractivity contribution is 7.19. The molecule has 1 aromatic carbocycles. The van der Waals surface area contributed by atoms with Crippen LogP contribution in [0.15, 0.2) is 42.6 Å². The van der Waals surface area contributed by atoms with E-state index in [0.717, 1.165) is 15.1 Å². The minimum absolute atomic E-state index is 0. The summed E-state index contributed by atoms with van der Waals surface area (Å²) in [7, 11) is 1.67. The van der Waals surface area contributed by atoms with E-state index in [2.05, 4.69) is 4.98 Å². The van der Waals surface area contributed by atoms with Gasteiger partial charge in [0.05, 0.1) is 11.6 Å². The summed E-state index contributed by atoms with van der Waals surface area (Å²) >= 11 is 7.68. The molecule has 0 fully saturated rings. The van der Waals surface area contributed by atoms with Crippen molar-refractivity contribution in [1.29, 1.82) is 0 Å². The molecule has 0 spiro atoms. The molecule has 2 heterocycles. The summed E-state index contributed by atoms with van der Waals surface area (Å²) in [5.74, 6) is -0.118. The molecule has 1 amide bonds. The summed E-state index contributed by atoms with van der Waals surface area (Å²) in [6, 6.07) is 8.28. The maximum Gasteiger partial charge on any atom is 0.246 e. The van der Waals surface area contributed by atoms with E-state index in [-0.39, 0.29) is 24.1 Å². The van der Waals surface area contributed by atoms with Crippen LogP contribution in [0, 0.1) is 5.82 Å². The lowest BCUT2D eigenvalue weighted by atomic mass is 10.2. The normalized spacial score (nSPS) is 10.9. The third kappa shape index (κ3) is 4.33. The second-order valence-electron chi connectivity index (χ2n) is 5.50. The molecule has 0 radical (unpaired) electrons. The molecule has 3 aromatic rings. The van der Waals surface area contributed by atoms with Crippen LogP contribution in [0.4, 0.5) is 10.2 Å². The van der Waals surface area contributed by atoms with Crippen LogP contribution in [0.2, 0.25) is 5.02 Å². The van der Waals surface area contributed by atoms with Crippen LogP contribution in [0.25, 0.3) is 16.2 Å². The molecule has 26 heavy (non-hydrogen) atoms. The zero-order chi connectivity index (χ0) is 18.0. The fraction of sp³-hybridized carbons (Fsp3) is 0.111. The molecule has 0 bridgehead atoms. The number of carbonyl (C=O) groups is 1. The number of halogens is 3. The molecule has 0 aliphatic rings. The van der Waals surface area contributed by atoms with Gasteiger partial charge in [0, 0.05) is 34.3 Å². The number of nitrogen functional groups attached to an aromatic ring is 1. The van der Waals surface area contributed by atoms with Gasteiger partial charge >= 0.3 is 0 Å². The van der Waals surface area contributed by atoms with Crippen molar-refractivity contribution in [3.8, 4) is 0 Å². The van der Waals surface area contributed by atoms with Crippen molar-refractivity contribution < 1.29 is 9.18 Å². The molecule has 0 unspecified atom stereocenters. The predicted molar refractivity (Wildman–Crippen MR) is 108 cm³/mol. The zero-order valence-corrected chi connectivity index (χ0v) is 16.2. The molecular weight excluding hydrogens is 396 g/mol. The van der Waals surface area contributed by atoms with Crippen LogP contribution in [-0.2, 0) is 11.3 Å². The van der Waals surface area contributed by atoms with Gasteiger partial charge in [-0.15, -0.1) is 23.7 Å². The van der Waals surface area contributed by atoms with Crippen molar-refractivity contribution in [3.63, 3.8) is 0 Å². The van der Waals surface area contributed by atoms with Crippen molar-refractivity contribution in [2.24, 2.45) is 0 Å². The van der Waals surface area contributed by atoms with Crippen LogP contribution in [0.3, 0.4) is 0 Å². The maximum atomic E-state index is 13.9. The largest absolute Gasteiger partial charge is 0.384 e. The number of likely N-dealkylation sites (N-methyl/N-ethyl adjacent to an activating group) is 1. The third-order valence-corrected chi connectivity index (χ3v) is 5.33. The van der Waals surface area contributed by atoms with Crippen molar-refractivity contribution >= 4 is 63.2 Å². The molecule has 2 aromatic heterocycles. The van der Waals surface area contributed by atoms with Gasteiger partial charge in [-0.25, -0.2) is 9.37 Å². The summed E-state index contributed by atoms with van der Waals surface area (Å²) in [5.41, 5.74) is 6.30. The van der Waals surface area contributed by atoms with Gasteiger partial charge in [-0.05, 0) is 35.9 Å². The van der Waals surface area contributed by atoms with Gasteiger partial charge in [-0.2, -0.15) is 0 Å². The Labute approximate surface area is 165 Å². The average Bonchev–Trinajstić information content (AvgIpc) is 2.91. The monoisotopic (exact) mass is 411 g/mol. The molecular formula is C18H16Cl2FN3OS. The molecule has 136 valence electrons.